The Balaban J connectivity index is 0.00000484. The SMILES string of the molecule is CCC(CC)C1CCN(C(=NC)NCCNS(=O)(=O)CC)C1.I. The standard InChI is InChI=1S/C15H32N4O2S.HI/c1-5-13(6-2)14-8-11-19(12-14)15(16-4)17-9-10-18-22(20,21)7-3;/h13-14,18H,5-12H2,1-4H3,(H,16,17);1H. The van der Waals surface area contributed by atoms with Crippen LogP contribution in [0.5, 0.6) is 0 Å². The van der Waals surface area contributed by atoms with E-state index < -0.39 is 10.0 Å². The smallest absolute Gasteiger partial charge is 0.211 e. The summed E-state index contributed by atoms with van der Waals surface area (Å²) in [7, 11) is -1.33. The minimum absolute atomic E-state index is 0. The van der Waals surface area contributed by atoms with Crippen LogP contribution in [0.3, 0.4) is 0 Å². The summed E-state index contributed by atoms with van der Waals surface area (Å²) < 4.78 is 25.3. The van der Waals surface area contributed by atoms with Crippen LogP contribution in [0.15, 0.2) is 4.99 Å². The summed E-state index contributed by atoms with van der Waals surface area (Å²) in [4.78, 5) is 6.61. The maximum absolute atomic E-state index is 11.4. The van der Waals surface area contributed by atoms with Crippen molar-refractivity contribution in [3.05, 3.63) is 0 Å². The first-order valence-corrected chi connectivity index (χ1v) is 10.1. The van der Waals surface area contributed by atoms with E-state index in [2.05, 4.69) is 33.8 Å². The van der Waals surface area contributed by atoms with Crippen LogP contribution in [0.2, 0.25) is 0 Å². The molecule has 0 amide bonds. The lowest BCUT2D eigenvalue weighted by atomic mass is 9.87. The molecule has 0 aromatic heterocycles. The van der Waals surface area contributed by atoms with Crippen LogP contribution in [-0.2, 0) is 10.0 Å². The van der Waals surface area contributed by atoms with Gasteiger partial charge in [0.25, 0.3) is 0 Å². The third kappa shape index (κ3) is 7.55. The van der Waals surface area contributed by atoms with Gasteiger partial charge in [0.05, 0.1) is 5.75 Å². The molecule has 1 heterocycles. The van der Waals surface area contributed by atoms with E-state index in [0.717, 1.165) is 30.9 Å². The molecular formula is C15H33IN4O2S. The molecule has 0 aliphatic carbocycles. The van der Waals surface area contributed by atoms with Gasteiger partial charge in [-0.2, -0.15) is 0 Å². The summed E-state index contributed by atoms with van der Waals surface area (Å²) in [5, 5.41) is 3.25. The Morgan fingerprint density at radius 2 is 1.91 bits per heavy atom. The van der Waals surface area contributed by atoms with E-state index >= 15 is 0 Å². The van der Waals surface area contributed by atoms with Crippen molar-refractivity contribution in [1.82, 2.24) is 14.9 Å². The third-order valence-corrected chi connectivity index (χ3v) is 5.97. The summed E-state index contributed by atoms with van der Waals surface area (Å²) in [5.41, 5.74) is 0. The zero-order valence-corrected chi connectivity index (χ0v) is 18.0. The van der Waals surface area contributed by atoms with Crippen molar-refractivity contribution in [1.29, 1.82) is 0 Å². The number of rotatable bonds is 8. The molecule has 8 heteroatoms. The maximum Gasteiger partial charge on any atom is 0.211 e. The normalized spacial score (nSPS) is 19.1. The van der Waals surface area contributed by atoms with E-state index in [0.29, 0.717) is 13.1 Å². The fourth-order valence-electron chi connectivity index (χ4n) is 3.13. The van der Waals surface area contributed by atoms with Crippen LogP contribution in [-0.4, -0.2) is 58.3 Å². The average Bonchev–Trinajstić information content (AvgIpc) is 2.98. The molecule has 1 saturated heterocycles. The van der Waals surface area contributed by atoms with E-state index in [4.69, 9.17) is 0 Å². The lowest BCUT2D eigenvalue weighted by Crippen LogP contribution is -2.43. The summed E-state index contributed by atoms with van der Waals surface area (Å²) >= 11 is 0. The monoisotopic (exact) mass is 460 g/mol. The molecular weight excluding hydrogens is 427 g/mol. The Labute approximate surface area is 159 Å². The molecule has 1 atom stereocenters. The maximum atomic E-state index is 11.4. The lowest BCUT2D eigenvalue weighted by Gasteiger charge is -2.24. The lowest BCUT2D eigenvalue weighted by molar-refractivity contribution is 0.319. The fraction of sp³-hybridized carbons (Fsp3) is 0.933. The van der Waals surface area contributed by atoms with E-state index in [9.17, 15) is 8.42 Å². The highest BCUT2D eigenvalue weighted by Gasteiger charge is 2.29. The first-order chi connectivity index (χ1) is 10.5. The average molecular weight is 460 g/mol. The zero-order valence-electron chi connectivity index (χ0n) is 14.8. The quantitative estimate of drug-likeness (QED) is 0.251. The molecule has 23 heavy (non-hydrogen) atoms. The third-order valence-electron chi connectivity index (χ3n) is 4.56. The number of likely N-dealkylation sites (tertiary alicyclic amines) is 1. The van der Waals surface area contributed by atoms with Gasteiger partial charge in [-0.1, -0.05) is 26.7 Å². The fourth-order valence-corrected chi connectivity index (χ4v) is 3.75. The molecule has 1 aliphatic rings. The van der Waals surface area contributed by atoms with Crippen LogP contribution in [0, 0.1) is 11.8 Å². The predicted octanol–water partition coefficient (Wildman–Crippen LogP) is 1.88. The number of nitrogens with one attached hydrogen (secondary N) is 2. The molecule has 0 saturated carbocycles. The molecule has 2 N–H and O–H groups in total. The Hall–Kier alpha value is -0.0900. The van der Waals surface area contributed by atoms with Gasteiger partial charge in [-0.25, -0.2) is 13.1 Å². The minimum Gasteiger partial charge on any atom is -0.355 e. The molecule has 0 bridgehead atoms. The second-order valence-electron chi connectivity index (χ2n) is 5.84. The van der Waals surface area contributed by atoms with Crippen LogP contribution in [0.4, 0.5) is 0 Å². The molecule has 1 aliphatic heterocycles. The molecule has 1 unspecified atom stereocenters. The van der Waals surface area contributed by atoms with E-state index in [1.165, 1.54) is 19.3 Å². The second-order valence-corrected chi connectivity index (χ2v) is 7.94. The van der Waals surface area contributed by atoms with Gasteiger partial charge >= 0.3 is 0 Å². The highest BCUT2D eigenvalue weighted by Crippen LogP contribution is 2.28. The van der Waals surface area contributed by atoms with Gasteiger partial charge in [-0.3, -0.25) is 4.99 Å². The van der Waals surface area contributed by atoms with Crippen molar-refractivity contribution in [2.45, 2.75) is 40.0 Å². The first-order valence-electron chi connectivity index (χ1n) is 8.40. The van der Waals surface area contributed by atoms with Gasteiger partial charge in [0.15, 0.2) is 5.96 Å². The van der Waals surface area contributed by atoms with Crippen molar-refractivity contribution in [3.63, 3.8) is 0 Å². The van der Waals surface area contributed by atoms with E-state index in [1.54, 1.807) is 14.0 Å². The molecule has 0 spiro atoms. The summed E-state index contributed by atoms with van der Waals surface area (Å²) in [6.45, 7) is 9.19. The van der Waals surface area contributed by atoms with Gasteiger partial charge in [-0.15, -0.1) is 24.0 Å². The summed E-state index contributed by atoms with van der Waals surface area (Å²) in [5.74, 6) is 2.53. The molecule has 6 nitrogen and oxygen atoms in total. The molecule has 1 fully saturated rings. The van der Waals surface area contributed by atoms with Crippen molar-refractivity contribution in [2.24, 2.45) is 16.8 Å². The Bertz CT molecular complexity index is 452. The van der Waals surface area contributed by atoms with Gasteiger partial charge in [0, 0.05) is 33.2 Å². The summed E-state index contributed by atoms with van der Waals surface area (Å²) in [6, 6.07) is 0. The number of halogens is 1. The van der Waals surface area contributed by atoms with Gasteiger partial charge in [0.1, 0.15) is 0 Å². The molecule has 0 aromatic rings. The number of guanidine groups is 1. The highest BCUT2D eigenvalue weighted by molar-refractivity contribution is 14.0. The van der Waals surface area contributed by atoms with Gasteiger partial charge < -0.3 is 10.2 Å². The topological polar surface area (TPSA) is 73.8 Å². The second kappa shape index (κ2) is 11.5. The van der Waals surface area contributed by atoms with Crippen molar-refractivity contribution >= 4 is 40.0 Å². The minimum atomic E-state index is -3.11. The van der Waals surface area contributed by atoms with E-state index in [-0.39, 0.29) is 29.7 Å². The van der Waals surface area contributed by atoms with Crippen LogP contribution < -0.4 is 10.0 Å². The van der Waals surface area contributed by atoms with Crippen LogP contribution >= 0.6 is 24.0 Å². The zero-order chi connectivity index (χ0) is 16.6. The Kier molecular flexibility index (Phi) is 11.4. The number of sulfonamides is 1. The largest absolute Gasteiger partial charge is 0.355 e. The van der Waals surface area contributed by atoms with Gasteiger partial charge in [-0.05, 0) is 25.2 Å². The Morgan fingerprint density at radius 1 is 1.26 bits per heavy atom. The number of hydrogen-bond donors (Lipinski definition) is 2. The molecule has 1 rings (SSSR count). The first kappa shape index (κ1) is 22.9. The van der Waals surface area contributed by atoms with Crippen molar-refractivity contribution < 1.29 is 8.42 Å². The predicted molar refractivity (Wildman–Crippen MR) is 108 cm³/mol. The number of aliphatic imine (C=N–C) groups is 1. The Morgan fingerprint density at radius 3 is 2.43 bits per heavy atom. The molecule has 0 radical (unpaired) electrons. The number of nitrogens with zero attached hydrogens (tertiary/aromatic N) is 2. The van der Waals surface area contributed by atoms with Crippen molar-refractivity contribution in [3.8, 4) is 0 Å². The number of hydrogen-bond acceptors (Lipinski definition) is 3. The highest BCUT2D eigenvalue weighted by atomic mass is 127. The van der Waals surface area contributed by atoms with Crippen LogP contribution in [0.1, 0.15) is 40.0 Å². The van der Waals surface area contributed by atoms with Crippen LogP contribution in [0.25, 0.3) is 0 Å². The van der Waals surface area contributed by atoms with Gasteiger partial charge in [0.2, 0.25) is 10.0 Å². The molecule has 138 valence electrons. The van der Waals surface area contributed by atoms with Crippen molar-refractivity contribution in [2.75, 3.05) is 39.0 Å². The summed E-state index contributed by atoms with van der Waals surface area (Å²) in [6.07, 6.45) is 3.69. The molecule has 0 aromatic carbocycles. The van der Waals surface area contributed by atoms with E-state index in [1.807, 2.05) is 0 Å².